The lowest BCUT2D eigenvalue weighted by Gasteiger charge is -2.33. The van der Waals surface area contributed by atoms with E-state index in [1.807, 2.05) is 17.9 Å². The maximum absolute atomic E-state index is 14.0. The molecule has 2 aromatic heterocycles. The zero-order valence-corrected chi connectivity index (χ0v) is 22.4. The van der Waals surface area contributed by atoms with Crippen molar-refractivity contribution in [2.75, 3.05) is 18.8 Å². The van der Waals surface area contributed by atoms with Crippen molar-refractivity contribution in [2.24, 2.45) is 10.4 Å². The Morgan fingerprint density at radius 2 is 2.14 bits per heavy atom. The highest BCUT2D eigenvalue weighted by Crippen LogP contribution is 2.40. The van der Waals surface area contributed by atoms with Gasteiger partial charge in [0.25, 0.3) is 0 Å². The third-order valence-corrected chi connectivity index (χ3v) is 8.11. The van der Waals surface area contributed by atoms with Gasteiger partial charge < -0.3 is 21.1 Å². The summed E-state index contributed by atoms with van der Waals surface area (Å²) in [7, 11) is 0. The van der Waals surface area contributed by atoms with Crippen molar-refractivity contribution in [2.45, 2.75) is 57.8 Å². The number of aliphatic hydroxyl groups is 1. The van der Waals surface area contributed by atoms with Gasteiger partial charge in [0.15, 0.2) is 5.65 Å². The van der Waals surface area contributed by atoms with Crippen molar-refractivity contribution in [1.82, 2.24) is 24.8 Å². The quantitative estimate of drug-likeness (QED) is 0.489. The number of rotatable bonds is 6. The van der Waals surface area contributed by atoms with Crippen LogP contribution in [0.4, 0.5) is 10.2 Å². The Balaban J connectivity index is 1.33. The second-order valence-corrected chi connectivity index (χ2v) is 11.0. The largest absolute Gasteiger partial charge is 0.393 e. The van der Waals surface area contributed by atoms with Gasteiger partial charge >= 0.3 is 0 Å². The van der Waals surface area contributed by atoms with E-state index in [-0.39, 0.29) is 30.2 Å². The standard InChI is InChI=1S/C26H31BrFN7O2/c1-15(36)9-22(37)34-7-5-18(6-8-34)30-14-20-23(27)24(29)35-25(33-20)19(13-32-35)16-10-26(2)11-17(28)3-4-21(26)31-12-16/h3-4,10-13,15,18,21,30,36H,5-9,14,29H2,1-2H3. The topological polar surface area (TPSA) is 121 Å². The van der Waals surface area contributed by atoms with Crippen LogP contribution < -0.4 is 11.1 Å². The highest BCUT2D eigenvalue weighted by molar-refractivity contribution is 9.10. The molecule has 1 fully saturated rings. The van der Waals surface area contributed by atoms with Gasteiger partial charge in [-0.2, -0.15) is 9.61 Å². The van der Waals surface area contributed by atoms with Crippen LogP contribution in [0.3, 0.4) is 0 Å². The van der Waals surface area contributed by atoms with Crippen LogP contribution in [0.25, 0.3) is 11.2 Å². The first-order chi connectivity index (χ1) is 17.6. The van der Waals surface area contributed by atoms with Crippen LogP contribution in [0.1, 0.15) is 44.4 Å². The second kappa shape index (κ2) is 10.1. The van der Waals surface area contributed by atoms with Gasteiger partial charge in [0, 0.05) is 48.4 Å². The molecule has 5 rings (SSSR count). The summed E-state index contributed by atoms with van der Waals surface area (Å²) >= 11 is 3.58. The molecule has 4 N–H and O–H groups in total. The number of aliphatic hydroxyl groups excluding tert-OH is 1. The number of nitrogen functional groups attached to an aromatic ring is 1. The van der Waals surface area contributed by atoms with Gasteiger partial charge in [0.05, 0.1) is 34.9 Å². The summed E-state index contributed by atoms with van der Waals surface area (Å²) in [6.07, 6.45) is 11.5. The maximum atomic E-state index is 14.0. The Hall–Kier alpha value is -2.89. The zero-order chi connectivity index (χ0) is 26.3. The fourth-order valence-corrected chi connectivity index (χ4v) is 5.56. The summed E-state index contributed by atoms with van der Waals surface area (Å²) in [6.45, 7) is 5.39. The SMILES string of the molecule is CC(O)CC(=O)N1CCC(NCc2nc3c(C4=CC5(C)C=C(F)C=CC5N=C4)cnn3c(N)c2Br)CC1. The number of carbonyl (C=O) groups excluding carboxylic acids is 1. The van der Waals surface area contributed by atoms with Crippen molar-refractivity contribution in [3.05, 3.63) is 52.1 Å². The molecular weight excluding hydrogens is 541 g/mol. The number of nitrogens with one attached hydrogen (secondary N) is 1. The molecule has 1 amide bonds. The molecule has 11 heteroatoms. The van der Waals surface area contributed by atoms with Gasteiger partial charge in [-0.15, -0.1) is 0 Å². The summed E-state index contributed by atoms with van der Waals surface area (Å²) in [5.41, 5.74) is 8.78. The minimum atomic E-state index is -0.627. The van der Waals surface area contributed by atoms with E-state index < -0.39 is 11.5 Å². The van der Waals surface area contributed by atoms with Crippen LogP contribution in [0, 0.1) is 5.41 Å². The normalized spacial score (nSPS) is 24.7. The van der Waals surface area contributed by atoms with Gasteiger partial charge in [0.2, 0.25) is 5.91 Å². The highest BCUT2D eigenvalue weighted by Gasteiger charge is 2.34. The monoisotopic (exact) mass is 571 g/mol. The van der Waals surface area contributed by atoms with E-state index >= 15 is 0 Å². The number of nitrogens with zero attached hydrogens (tertiary/aromatic N) is 5. The minimum absolute atomic E-state index is 0.00689. The van der Waals surface area contributed by atoms with Crippen molar-refractivity contribution in [3.63, 3.8) is 0 Å². The first kappa shape index (κ1) is 25.7. The number of nitrogens with two attached hydrogens (primary N) is 1. The molecule has 2 aromatic rings. The van der Waals surface area contributed by atoms with E-state index in [4.69, 9.17) is 10.7 Å². The van der Waals surface area contributed by atoms with E-state index in [0.717, 1.165) is 29.7 Å². The van der Waals surface area contributed by atoms with Gasteiger partial charge in [-0.05, 0) is 47.8 Å². The molecule has 3 aliphatic rings. The number of carbonyl (C=O) groups is 1. The number of aromatic nitrogens is 3. The first-order valence-electron chi connectivity index (χ1n) is 12.5. The van der Waals surface area contributed by atoms with Crippen molar-refractivity contribution >= 4 is 45.1 Å². The van der Waals surface area contributed by atoms with Gasteiger partial charge in [-0.3, -0.25) is 9.79 Å². The van der Waals surface area contributed by atoms with Gasteiger partial charge in [-0.25, -0.2) is 9.37 Å². The first-order valence-corrected chi connectivity index (χ1v) is 13.3. The summed E-state index contributed by atoms with van der Waals surface area (Å²) in [5, 5.41) is 17.5. The highest BCUT2D eigenvalue weighted by atomic mass is 79.9. The molecule has 4 heterocycles. The number of halogens is 2. The van der Waals surface area contributed by atoms with Crippen LogP contribution in [0.5, 0.6) is 0 Å². The average molecular weight is 572 g/mol. The van der Waals surface area contributed by atoms with Gasteiger partial charge in [0.1, 0.15) is 11.6 Å². The third kappa shape index (κ3) is 5.12. The van der Waals surface area contributed by atoms with E-state index in [1.165, 1.54) is 6.08 Å². The summed E-state index contributed by atoms with van der Waals surface area (Å²) < 4.78 is 16.3. The lowest BCUT2D eigenvalue weighted by molar-refractivity contribution is -0.134. The van der Waals surface area contributed by atoms with Crippen LogP contribution in [0.15, 0.2) is 45.8 Å². The van der Waals surface area contributed by atoms with Crippen LogP contribution in [0.2, 0.25) is 0 Å². The number of amides is 1. The number of piperidine rings is 1. The molecule has 37 heavy (non-hydrogen) atoms. The zero-order valence-electron chi connectivity index (χ0n) is 20.9. The molecular formula is C26H31BrFN7O2. The Bertz CT molecular complexity index is 1340. The molecule has 0 radical (unpaired) electrons. The Morgan fingerprint density at radius 3 is 2.86 bits per heavy atom. The van der Waals surface area contributed by atoms with Crippen LogP contribution in [-0.4, -0.2) is 68.0 Å². The molecule has 1 saturated heterocycles. The number of dihydropyridines is 1. The number of hydrogen-bond donors (Lipinski definition) is 3. The predicted octanol–water partition coefficient (Wildman–Crippen LogP) is 3.19. The number of fused-ring (bicyclic) bond motifs is 2. The Morgan fingerprint density at radius 1 is 1.38 bits per heavy atom. The van der Waals surface area contributed by atoms with E-state index in [2.05, 4.69) is 31.3 Å². The molecule has 0 aromatic carbocycles. The molecule has 196 valence electrons. The summed E-state index contributed by atoms with van der Waals surface area (Å²) in [5.74, 6) is 0.159. The molecule has 1 aliphatic carbocycles. The fourth-order valence-electron chi connectivity index (χ4n) is 5.16. The minimum Gasteiger partial charge on any atom is -0.393 e. The third-order valence-electron chi connectivity index (χ3n) is 7.24. The fraction of sp³-hybridized carbons (Fsp3) is 0.462. The molecule has 3 atom stereocenters. The number of likely N-dealkylation sites (tertiary alicyclic amines) is 1. The molecule has 0 spiro atoms. The molecule has 9 nitrogen and oxygen atoms in total. The summed E-state index contributed by atoms with van der Waals surface area (Å²) in [4.78, 5) is 23.6. The number of anilines is 1. The van der Waals surface area contributed by atoms with E-state index in [9.17, 15) is 14.3 Å². The van der Waals surface area contributed by atoms with Crippen LogP contribution in [-0.2, 0) is 11.3 Å². The Labute approximate surface area is 223 Å². The molecule has 0 saturated carbocycles. The van der Waals surface area contributed by atoms with Crippen molar-refractivity contribution in [1.29, 1.82) is 0 Å². The summed E-state index contributed by atoms with van der Waals surface area (Å²) in [6, 6.07) is 0.0792. The lowest BCUT2D eigenvalue weighted by atomic mass is 9.76. The van der Waals surface area contributed by atoms with E-state index in [0.29, 0.717) is 35.6 Å². The van der Waals surface area contributed by atoms with Crippen molar-refractivity contribution in [3.8, 4) is 0 Å². The number of allylic oxidation sites excluding steroid dienone is 3. The maximum Gasteiger partial charge on any atom is 0.225 e. The second-order valence-electron chi connectivity index (χ2n) is 10.2. The smallest absolute Gasteiger partial charge is 0.225 e. The predicted molar refractivity (Wildman–Crippen MR) is 145 cm³/mol. The molecule has 2 aliphatic heterocycles. The van der Waals surface area contributed by atoms with Gasteiger partial charge in [-0.1, -0.05) is 19.1 Å². The van der Waals surface area contributed by atoms with Crippen LogP contribution >= 0.6 is 15.9 Å². The van der Waals surface area contributed by atoms with E-state index in [1.54, 1.807) is 36.0 Å². The molecule has 3 unspecified atom stereocenters. The lowest BCUT2D eigenvalue weighted by Crippen LogP contribution is -2.45. The Kier molecular flexibility index (Phi) is 7.03. The average Bonchev–Trinajstić information content (AvgIpc) is 3.28. The molecule has 0 bridgehead atoms. The number of hydrogen-bond acceptors (Lipinski definition) is 7. The van der Waals surface area contributed by atoms with Crippen molar-refractivity contribution < 1.29 is 14.3 Å². The number of aliphatic imine (C=N–C) groups is 1.